The van der Waals surface area contributed by atoms with Crippen molar-refractivity contribution in [3.8, 4) is 0 Å². The summed E-state index contributed by atoms with van der Waals surface area (Å²) in [6.07, 6.45) is 3.67. The molecule has 4 heteroatoms. The van der Waals surface area contributed by atoms with E-state index in [0.717, 1.165) is 5.56 Å². The molecule has 0 spiro atoms. The van der Waals surface area contributed by atoms with Crippen LogP contribution in [0.1, 0.15) is 22.0 Å². The molecule has 1 aromatic rings. The Balaban J connectivity index is 2.11. The SMILES string of the molecule is COC(=O)c1cccc([C@@H]2O[C@H]2/C=C/C=O)c1. The molecule has 88 valence electrons. The van der Waals surface area contributed by atoms with Crippen molar-refractivity contribution in [1.29, 1.82) is 0 Å². The summed E-state index contributed by atoms with van der Waals surface area (Å²) in [5.74, 6) is -0.368. The maximum Gasteiger partial charge on any atom is 0.337 e. The van der Waals surface area contributed by atoms with E-state index in [1.165, 1.54) is 13.2 Å². The molecule has 1 aliphatic heterocycles. The summed E-state index contributed by atoms with van der Waals surface area (Å²) in [6.45, 7) is 0. The first kappa shape index (κ1) is 11.5. The normalized spacial score (nSPS) is 22.4. The summed E-state index contributed by atoms with van der Waals surface area (Å²) < 4.78 is 10.0. The molecular formula is C13H12O4. The molecular weight excluding hydrogens is 220 g/mol. The Morgan fingerprint density at radius 2 is 2.29 bits per heavy atom. The molecule has 0 N–H and O–H groups in total. The van der Waals surface area contributed by atoms with E-state index in [2.05, 4.69) is 4.74 Å². The number of benzene rings is 1. The van der Waals surface area contributed by atoms with Gasteiger partial charge in [-0.15, -0.1) is 0 Å². The van der Waals surface area contributed by atoms with Gasteiger partial charge in [0.2, 0.25) is 0 Å². The summed E-state index contributed by atoms with van der Waals surface area (Å²) in [5.41, 5.74) is 1.41. The third-order valence-electron chi connectivity index (χ3n) is 2.54. The van der Waals surface area contributed by atoms with Crippen molar-refractivity contribution >= 4 is 12.3 Å². The van der Waals surface area contributed by atoms with Crippen molar-refractivity contribution in [3.63, 3.8) is 0 Å². The number of epoxide rings is 1. The molecule has 1 aromatic carbocycles. The minimum Gasteiger partial charge on any atom is -0.465 e. The minimum atomic E-state index is -0.368. The van der Waals surface area contributed by atoms with Gasteiger partial charge < -0.3 is 9.47 Å². The molecule has 1 heterocycles. The molecule has 0 amide bonds. The highest BCUT2D eigenvalue weighted by Gasteiger charge is 2.38. The second-order valence-electron chi connectivity index (χ2n) is 3.66. The molecule has 1 fully saturated rings. The molecule has 2 atom stereocenters. The minimum absolute atomic E-state index is 0.0733. The first-order valence-electron chi connectivity index (χ1n) is 5.22. The zero-order valence-electron chi connectivity index (χ0n) is 9.33. The third-order valence-corrected chi connectivity index (χ3v) is 2.54. The predicted octanol–water partition coefficient (Wildman–Crippen LogP) is 1.67. The number of carbonyl (C=O) groups is 2. The van der Waals surface area contributed by atoms with Crippen LogP contribution in [0.4, 0.5) is 0 Å². The Morgan fingerprint density at radius 1 is 1.47 bits per heavy atom. The molecule has 1 aliphatic rings. The molecule has 17 heavy (non-hydrogen) atoms. The van der Waals surface area contributed by atoms with Gasteiger partial charge in [-0.25, -0.2) is 4.79 Å². The van der Waals surface area contributed by atoms with Crippen molar-refractivity contribution in [2.24, 2.45) is 0 Å². The van der Waals surface area contributed by atoms with Crippen LogP contribution < -0.4 is 0 Å². The number of hydrogen-bond acceptors (Lipinski definition) is 4. The number of ether oxygens (including phenoxy) is 2. The van der Waals surface area contributed by atoms with Gasteiger partial charge in [0.25, 0.3) is 0 Å². The van der Waals surface area contributed by atoms with Crippen LogP contribution in [0.5, 0.6) is 0 Å². The topological polar surface area (TPSA) is 55.9 Å². The Hall–Kier alpha value is -1.94. The number of rotatable bonds is 4. The highest BCUT2D eigenvalue weighted by Crippen LogP contribution is 2.39. The van der Waals surface area contributed by atoms with Crippen LogP contribution in [0.2, 0.25) is 0 Å². The smallest absolute Gasteiger partial charge is 0.337 e. The predicted molar refractivity (Wildman–Crippen MR) is 60.6 cm³/mol. The van der Waals surface area contributed by atoms with Crippen molar-refractivity contribution in [2.75, 3.05) is 7.11 Å². The summed E-state index contributed by atoms with van der Waals surface area (Å²) in [6, 6.07) is 7.09. The number of hydrogen-bond donors (Lipinski definition) is 0. The van der Waals surface area contributed by atoms with Crippen LogP contribution in [0.3, 0.4) is 0 Å². The second kappa shape index (κ2) is 4.93. The average Bonchev–Trinajstić information content (AvgIpc) is 3.15. The quantitative estimate of drug-likeness (QED) is 0.343. The van der Waals surface area contributed by atoms with Crippen molar-refractivity contribution in [1.82, 2.24) is 0 Å². The average molecular weight is 232 g/mol. The standard InChI is InChI=1S/C13H12O4/c1-16-13(15)10-5-2-4-9(8-10)12-11(17-12)6-3-7-14/h2-8,11-12H,1H3/b6-3+/t11-,12-/m0/s1. The molecule has 4 nitrogen and oxygen atoms in total. The van der Waals surface area contributed by atoms with Crippen LogP contribution >= 0.6 is 0 Å². The monoisotopic (exact) mass is 232 g/mol. The fourth-order valence-corrected chi connectivity index (χ4v) is 1.65. The molecule has 1 saturated heterocycles. The number of carbonyl (C=O) groups excluding carboxylic acids is 2. The van der Waals surface area contributed by atoms with Gasteiger partial charge in [-0.2, -0.15) is 0 Å². The van der Waals surface area contributed by atoms with Gasteiger partial charge in [-0.05, 0) is 29.8 Å². The lowest BCUT2D eigenvalue weighted by Gasteiger charge is -2.00. The van der Waals surface area contributed by atoms with Crippen LogP contribution in [0, 0.1) is 0 Å². The van der Waals surface area contributed by atoms with E-state index in [0.29, 0.717) is 11.8 Å². The third kappa shape index (κ3) is 2.60. The number of esters is 1. The van der Waals surface area contributed by atoms with Crippen molar-refractivity contribution in [2.45, 2.75) is 12.2 Å². The van der Waals surface area contributed by atoms with Gasteiger partial charge in [-0.3, -0.25) is 4.79 Å². The molecule has 0 radical (unpaired) electrons. The molecule has 0 unspecified atom stereocenters. The molecule has 0 aliphatic carbocycles. The summed E-state index contributed by atoms with van der Waals surface area (Å²) in [7, 11) is 1.35. The maximum atomic E-state index is 11.3. The fraction of sp³-hybridized carbons (Fsp3) is 0.231. The van der Waals surface area contributed by atoms with E-state index < -0.39 is 0 Å². The number of allylic oxidation sites excluding steroid dienone is 1. The van der Waals surface area contributed by atoms with Crippen molar-refractivity contribution in [3.05, 3.63) is 47.5 Å². The Bertz CT molecular complexity index is 464. The first-order chi connectivity index (χ1) is 8.26. The highest BCUT2D eigenvalue weighted by atomic mass is 16.6. The van der Waals surface area contributed by atoms with E-state index in [1.807, 2.05) is 6.07 Å². The summed E-state index contributed by atoms with van der Waals surface area (Å²) in [4.78, 5) is 21.5. The number of methoxy groups -OCH3 is 1. The Morgan fingerprint density at radius 3 is 3.00 bits per heavy atom. The molecule has 0 aromatic heterocycles. The molecule has 0 saturated carbocycles. The molecule has 2 rings (SSSR count). The van der Waals surface area contributed by atoms with Crippen molar-refractivity contribution < 1.29 is 19.1 Å². The number of aldehydes is 1. The lowest BCUT2D eigenvalue weighted by molar-refractivity contribution is -0.104. The first-order valence-corrected chi connectivity index (χ1v) is 5.22. The summed E-state index contributed by atoms with van der Waals surface area (Å²) >= 11 is 0. The van der Waals surface area contributed by atoms with E-state index in [1.54, 1.807) is 24.3 Å². The Kier molecular flexibility index (Phi) is 3.35. The molecule has 0 bridgehead atoms. The highest BCUT2D eigenvalue weighted by molar-refractivity contribution is 5.89. The lowest BCUT2D eigenvalue weighted by atomic mass is 10.1. The second-order valence-corrected chi connectivity index (χ2v) is 3.66. The van der Waals surface area contributed by atoms with Crippen LogP contribution in [0.25, 0.3) is 0 Å². The van der Waals surface area contributed by atoms with E-state index >= 15 is 0 Å². The van der Waals surface area contributed by atoms with Gasteiger partial charge in [0.05, 0.1) is 12.7 Å². The largest absolute Gasteiger partial charge is 0.465 e. The summed E-state index contributed by atoms with van der Waals surface area (Å²) in [5, 5.41) is 0. The van der Waals surface area contributed by atoms with Crippen LogP contribution in [-0.2, 0) is 14.3 Å². The van der Waals surface area contributed by atoms with Gasteiger partial charge >= 0.3 is 5.97 Å². The fourth-order valence-electron chi connectivity index (χ4n) is 1.65. The van der Waals surface area contributed by atoms with E-state index in [9.17, 15) is 9.59 Å². The van der Waals surface area contributed by atoms with Gasteiger partial charge in [0, 0.05) is 0 Å². The van der Waals surface area contributed by atoms with Gasteiger partial charge in [0.1, 0.15) is 18.5 Å². The zero-order valence-corrected chi connectivity index (χ0v) is 9.33. The Labute approximate surface area is 98.8 Å². The van der Waals surface area contributed by atoms with E-state index in [4.69, 9.17) is 4.74 Å². The van der Waals surface area contributed by atoms with Crippen LogP contribution in [0.15, 0.2) is 36.4 Å². The van der Waals surface area contributed by atoms with E-state index in [-0.39, 0.29) is 18.2 Å². The zero-order chi connectivity index (χ0) is 12.3. The lowest BCUT2D eigenvalue weighted by Crippen LogP contribution is -2.01. The van der Waals surface area contributed by atoms with Gasteiger partial charge in [-0.1, -0.05) is 12.1 Å². The van der Waals surface area contributed by atoms with Crippen LogP contribution in [-0.4, -0.2) is 25.5 Å². The van der Waals surface area contributed by atoms with Gasteiger partial charge in [0.15, 0.2) is 0 Å². The maximum absolute atomic E-state index is 11.3.